The lowest BCUT2D eigenvalue weighted by molar-refractivity contribution is -0.145. The molecule has 0 aromatic carbocycles. The SMILES string of the molecule is CN=C(NC[C@H]1CCCN1CC(C)C)N1CC(C)C(C(=O)OC)C1.I. The molecule has 0 aromatic heterocycles. The first-order chi connectivity index (χ1) is 11.5. The van der Waals surface area contributed by atoms with E-state index >= 15 is 0 Å². The Kier molecular flexibility index (Phi) is 9.48. The molecule has 0 radical (unpaired) electrons. The minimum atomic E-state index is -0.112. The highest BCUT2D eigenvalue weighted by Crippen LogP contribution is 2.24. The highest BCUT2D eigenvalue weighted by atomic mass is 127. The van der Waals surface area contributed by atoms with Crippen LogP contribution in [0.3, 0.4) is 0 Å². The average Bonchev–Trinajstić information content (AvgIpc) is 3.13. The van der Waals surface area contributed by atoms with Crippen LogP contribution in [-0.4, -0.2) is 74.7 Å². The van der Waals surface area contributed by atoms with Crippen molar-refractivity contribution in [2.24, 2.45) is 22.7 Å². The van der Waals surface area contributed by atoms with Crippen molar-refractivity contribution in [1.82, 2.24) is 15.1 Å². The van der Waals surface area contributed by atoms with Crippen LogP contribution < -0.4 is 5.32 Å². The zero-order chi connectivity index (χ0) is 17.7. The predicted octanol–water partition coefficient (Wildman–Crippen LogP) is 2.04. The standard InChI is InChI=1S/C18H34N4O2.HI/c1-13(2)10-21-8-6-7-15(21)9-20-18(19-4)22-11-14(3)16(12-22)17(23)24-5;/h13-16H,6-12H2,1-5H3,(H,19,20);1H/t14?,15-,16?;/m1./s1. The molecule has 0 spiro atoms. The fourth-order valence-corrected chi connectivity index (χ4v) is 3.98. The number of aliphatic imine (C=N–C) groups is 1. The summed E-state index contributed by atoms with van der Waals surface area (Å²) in [5.74, 6) is 1.73. The average molecular weight is 466 g/mol. The van der Waals surface area contributed by atoms with E-state index in [-0.39, 0.29) is 35.9 Å². The predicted molar refractivity (Wildman–Crippen MR) is 112 cm³/mol. The lowest BCUT2D eigenvalue weighted by atomic mass is 9.99. The normalized spacial score (nSPS) is 27.5. The number of ether oxygens (including phenoxy) is 1. The Morgan fingerprint density at radius 2 is 2.08 bits per heavy atom. The molecule has 7 heteroatoms. The summed E-state index contributed by atoms with van der Waals surface area (Å²) < 4.78 is 4.93. The molecule has 146 valence electrons. The maximum absolute atomic E-state index is 11.9. The largest absolute Gasteiger partial charge is 0.469 e. The van der Waals surface area contributed by atoms with Crippen LogP contribution in [0.2, 0.25) is 0 Å². The van der Waals surface area contributed by atoms with Gasteiger partial charge in [-0.1, -0.05) is 20.8 Å². The monoisotopic (exact) mass is 466 g/mol. The Balaban J connectivity index is 0.00000312. The van der Waals surface area contributed by atoms with Crippen molar-refractivity contribution in [1.29, 1.82) is 0 Å². The van der Waals surface area contributed by atoms with E-state index in [0.717, 1.165) is 25.6 Å². The molecule has 2 aliphatic heterocycles. The van der Waals surface area contributed by atoms with Gasteiger partial charge in [0, 0.05) is 39.3 Å². The van der Waals surface area contributed by atoms with Gasteiger partial charge in [0.15, 0.2) is 5.96 Å². The molecule has 0 aliphatic carbocycles. The molecule has 3 atom stereocenters. The van der Waals surface area contributed by atoms with Crippen molar-refractivity contribution in [3.05, 3.63) is 0 Å². The number of halogens is 1. The van der Waals surface area contributed by atoms with Crippen LogP contribution in [0.5, 0.6) is 0 Å². The van der Waals surface area contributed by atoms with Gasteiger partial charge in [0.1, 0.15) is 0 Å². The van der Waals surface area contributed by atoms with Crippen molar-refractivity contribution in [3.63, 3.8) is 0 Å². The van der Waals surface area contributed by atoms with Crippen molar-refractivity contribution in [2.75, 3.05) is 46.9 Å². The minimum absolute atomic E-state index is 0. The van der Waals surface area contributed by atoms with Crippen LogP contribution in [0.25, 0.3) is 0 Å². The molecule has 1 N–H and O–H groups in total. The van der Waals surface area contributed by atoms with Crippen LogP contribution in [0, 0.1) is 17.8 Å². The van der Waals surface area contributed by atoms with Crippen molar-refractivity contribution in [3.8, 4) is 0 Å². The summed E-state index contributed by atoms with van der Waals surface area (Å²) in [5, 5.41) is 3.54. The van der Waals surface area contributed by atoms with Gasteiger partial charge in [0.2, 0.25) is 0 Å². The number of esters is 1. The second-order valence-corrected chi connectivity index (χ2v) is 7.62. The van der Waals surface area contributed by atoms with E-state index in [2.05, 4.69) is 40.9 Å². The van der Waals surface area contributed by atoms with E-state index in [1.807, 2.05) is 7.05 Å². The summed E-state index contributed by atoms with van der Waals surface area (Å²) in [5.41, 5.74) is 0. The Labute approximate surface area is 169 Å². The highest BCUT2D eigenvalue weighted by Gasteiger charge is 2.37. The maximum Gasteiger partial charge on any atom is 0.310 e. The Bertz CT molecular complexity index is 458. The molecule has 2 rings (SSSR count). The first-order valence-corrected chi connectivity index (χ1v) is 9.23. The van der Waals surface area contributed by atoms with Gasteiger partial charge in [-0.3, -0.25) is 14.7 Å². The zero-order valence-electron chi connectivity index (χ0n) is 16.3. The molecular weight excluding hydrogens is 431 g/mol. The van der Waals surface area contributed by atoms with Gasteiger partial charge >= 0.3 is 5.97 Å². The summed E-state index contributed by atoms with van der Waals surface area (Å²) in [6, 6.07) is 0.584. The number of carbonyl (C=O) groups excluding carboxylic acids is 1. The van der Waals surface area contributed by atoms with Gasteiger partial charge < -0.3 is 15.0 Å². The van der Waals surface area contributed by atoms with Crippen LogP contribution >= 0.6 is 24.0 Å². The fourth-order valence-electron chi connectivity index (χ4n) is 3.98. The molecule has 6 nitrogen and oxygen atoms in total. The Hall–Kier alpha value is -0.570. The first kappa shape index (κ1) is 22.5. The number of nitrogens with one attached hydrogen (secondary N) is 1. The molecule has 2 heterocycles. The quantitative estimate of drug-likeness (QED) is 0.291. The number of hydrogen-bond donors (Lipinski definition) is 1. The molecule has 2 fully saturated rings. The van der Waals surface area contributed by atoms with E-state index in [0.29, 0.717) is 24.4 Å². The number of methoxy groups -OCH3 is 1. The molecule has 2 aliphatic rings. The molecule has 25 heavy (non-hydrogen) atoms. The third-order valence-electron chi connectivity index (χ3n) is 5.22. The second kappa shape index (κ2) is 10.5. The highest BCUT2D eigenvalue weighted by molar-refractivity contribution is 14.0. The lowest BCUT2D eigenvalue weighted by Crippen LogP contribution is -2.46. The molecule has 0 saturated carbocycles. The number of nitrogens with zero attached hydrogens (tertiary/aromatic N) is 3. The van der Waals surface area contributed by atoms with Crippen LogP contribution in [-0.2, 0) is 9.53 Å². The Morgan fingerprint density at radius 3 is 2.68 bits per heavy atom. The van der Waals surface area contributed by atoms with Gasteiger partial charge in [0.05, 0.1) is 13.0 Å². The van der Waals surface area contributed by atoms with E-state index in [1.54, 1.807) is 0 Å². The number of hydrogen-bond acceptors (Lipinski definition) is 4. The molecule has 0 amide bonds. The van der Waals surface area contributed by atoms with Gasteiger partial charge in [-0.2, -0.15) is 0 Å². The molecular formula is C18H35IN4O2. The summed E-state index contributed by atoms with van der Waals surface area (Å²) in [6.07, 6.45) is 2.53. The number of guanidine groups is 1. The number of likely N-dealkylation sites (tertiary alicyclic amines) is 2. The third-order valence-corrected chi connectivity index (χ3v) is 5.22. The van der Waals surface area contributed by atoms with Crippen LogP contribution in [0.15, 0.2) is 4.99 Å². The summed E-state index contributed by atoms with van der Waals surface area (Å²) in [7, 11) is 3.28. The van der Waals surface area contributed by atoms with Crippen LogP contribution in [0.4, 0.5) is 0 Å². The summed E-state index contributed by atoms with van der Waals surface area (Å²) >= 11 is 0. The van der Waals surface area contributed by atoms with Crippen LogP contribution in [0.1, 0.15) is 33.6 Å². The smallest absolute Gasteiger partial charge is 0.310 e. The minimum Gasteiger partial charge on any atom is -0.469 e. The van der Waals surface area contributed by atoms with Gasteiger partial charge in [-0.05, 0) is 31.2 Å². The van der Waals surface area contributed by atoms with E-state index < -0.39 is 0 Å². The van der Waals surface area contributed by atoms with E-state index in [4.69, 9.17) is 4.74 Å². The molecule has 0 aromatic rings. The van der Waals surface area contributed by atoms with Gasteiger partial charge in [0.25, 0.3) is 0 Å². The van der Waals surface area contributed by atoms with Gasteiger partial charge in [-0.15, -0.1) is 24.0 Å². The van der Waals surface area contributed by atoms with Gasteiger partial charge in [-0.25, -0.2) is 0 Å². The Morgan fingerprint density at radius 1 is 1.36 bits per heavy atom. The fraction of sp³-hybridized carbons (Fsp3) is 0.889. The molecule has 2 saturated heterocycles. The maximum atomic E-state index is 11.9. The number of carbonyl (C=O) groups is 1. The van der Waals surface area contributed by atoms with Crippen molar-refractivity contribution in [2.45, 2.75) is 39.7 Å². The zero-order valence-corrected chi connectivity index (χ0v) is 18.7. The van der Waals surface area contributed by atoms with Crippen molar-refractivity contribution < 1.29 is 9.53 Å². The topological polar surface area (TPSA) is 57.2 Å². The molecule has 0 bridgehead atoms. The van der Waals surface area contributed by atoms with E-state index in [1.165, 1.54) is 26.5 Å². The summed E-state index contributed by atoms with van der Waals surface area (Å²) in [6.45, 7) is 11.5. The first-order valence-electron chi connectivity index (χ1n) is 9.23. The molecule has 2 unspecified atom stereocenters. The lowest BCUT2D eigenvalue weighted by Gasteiger charge is -2.28. The second-order valence-electron chi connectivity index (χ2n) is 7.62. The van der Waals surface area contributed by atoms with E-state index in [9.17, 15) is 4.79 Å². The van der Waals surface area contributed by atoms with Crippen molar-refractivity contribution >= 4 is 35.9 Å². The summed E-state index contributed by atoms with van der Waals surface area (Å²) in [4.78, 5) is 21.1. The number of rotatable bonds is 5. The third kappa shape index (κ3) is 5.98.